The third-order valence-electron chi connectivity index (χ3n) is 6.05. The molecule has 0 amide bonds. The van der Waals surface area contributed by atoms with E-state index in [0.29, 0.717) is 0 Å². The lowest BCUT2D eigenvalue weighted by Gasteiger charge is -2.51. The van der Waals surface area contributed by atoms with Crippen molar-refractivity contribution >= 4 is 0 Å². The summed E-state index contributed by atoms with van der Waals surface area (Å²) in [7, 11) is 2.25. The summed E-state index contributed by atoms with van der Waals surface area (Å²) >= 11 is 0. The van der Waals surface area contributed by atoms with Crippen molar-refractivity contribution in [3.8, 4) is 0 Å². The predicted molar refractivity (Wildman–Crippen MR) is 116 cm³/mol. The molecule has 2 aromatic carbocycles. The van der Waals surface area contributed by atoms with Gasteiger partial charge in [-0.25, -0.2) is 0 Å². The van der Waals surface area contributed by atoms with E-state index in [-0.39, 0.29) is 5.54 Å². The maximum atomic E-state index is 2.73. The van der Waals surface area contributed by atoms with Crippen molar-refractivity contribution in [3.63, 3.8) is 0 Å². The minimum Gasteiger partial charge on any atom is -0.354 e. The summed E-state index contributed by atoms with van der Waals surface area (Å²) in [6.07, 6.45) is 6.74. The van der Waals surface area contributed by atoms with Crippen molar-refractivity contribution in [3.05, 3.63) is 96.3 Å². The summed E-state index contributed by atoms with van der Waals surface area (Å²) in [4.78, 5) is 5.21. The molecule has 0 bridgehead atoms. The van der Waals surface area contributed by atoms with Gasteiger partial charge in [0.1, 0.15) is 0 Å². The molecule has 1 saturated heterocycles. The SMILES string of the molecule is CN1CCN(CCCCn2cccc2)C(c2ccccc2)(c2ccccc2)C1. The van der Waals surface area contributed by atoms with Gasteiger partial charge in [-0.05, 0) is 49.7 Å². The molecule has 3 aromatic rings. The fourth-order valence-corrected chi connectivity index (χ4v) is 4.61. The third-order valence-corrected chi connectivity index (χ3v) is 6.05. The van der Waals surface area contributed by atoms with Gasteiger partial charge in [-0.1, -0.05) is 60.7 Å². The largest absolute Gasteiger partial charge is 0.354 e. The molecule has 0 spiro atoms. The van der Waals surface area contributed by atoms with E-state index in [0.717, 1.165) is 32.7 Å². The number of rotatable bonds is 7. The van der Waals surface area contributed by atoms with Crippen molar-refractivity contribution in [2.45, 2.75) is 24.9 Å². The number of nitrogens with zero attached hydrogens (tertiary/aromatic N) is 3. The second kappa shape index (κ2) is 8.76. The van der Waals surface area contributed by atoms with Crippen molar-refractivity contribution in [1.82, 2.24) is 14.4 Å². The van der Waals surface area contributed by atoms with Crippen LogP contribution in [-0.4, -0.2) is 47.6 Å². The summed E-state index contributed by atoms with van der Waals surface area (Å²) in [6, 6.07) is 26.4. The first-order valence-electron chi connectivity index (χ1n) is 10.4. The van der Waals surface area contributed by atoms with Crippen LogP contribution in [0.25, 0.3) is 0 Å². The molecular formula is C25H31N3. The number of hydrogen-bond donors (Lipinski definition) is 0. The van der Waals surface area contributed by atoms with Gasteiger partial charge < -0.3 is 9.47 Å². The first kappa shape index (κ1) is 19.0. The van der Waals surface area contributed by atoms with E-state index >= 15 is 0 Å². The van der Waals surface area contributed by atoms with Crippen molar-refractivity contribution in [2.75, 3.05) is 33.2 Å². The lowest BCUT2D eigenvalue weighted by Crippen LogP contribution is -2.60. The third kappa shape index (κ3) is 3.91. The predicted octanol–water partition coefficient (Wildman–Crippen LogP) is 4.46. The van der Waals surface area contributed by atoms with Gasteiger partial charge in [0, 0.05) is 38.6 Å². The molecular weight excluding hydrogens is 342 g/mol. The van der Waals surface area contributed by atoms with Gasteiger partial charge in [0.2, 0.25) is 0 Å². The quantitative estimate of drug-likeness (QED) is 0.567. The van der Waals surface area contributed by atoms with Crippen molar-refractivity contribution in [1.29, 1.82) is 0 Å². The van der Waals surface area contributed by atoms with Crippen LogP contribution in [0, 0.1) is 0 Å². The zero-order chi connectivity index (χ0) is 19.2. The van der Waals surface area contributed by atoms with E-state index in [9.17, 15) is 0 Å². The Morgan fingerprint density at radius 2 is 1.29 bits per heavy atom. The number of piperazine rings is 1. The van der Waals surface area contributed by atoms with Gasteiger partial charge in [0.25, 0.3) is 0 Å². The van der Waals surface area contributed by atoms with Crippen LogP contribution >= 0.6 is 0 Å². The van der Waals surface area contributed by atoms with E-state index in [1.54, 1.807) is 0 Å². The van der Waals surface area contributed by atoms with Gasteiger partial charge in [0.15, 0.2) is 0 Å². The molecule has 3 nitrogen and oxygen atoms in total. The van der Waals surface area contributed by atoms with Gasteiger partial charge in [0.05, 0.1) is 5.54 Å². The number of aromatic nitrogens is 1. The monoisotopic (exact) mass is 373 g/mol. The number of aryl methyl sites for hydroxylation is 1. The van der Waals surface area contributed by atoms with Crippen LogP contribution in [-0.2, 0) is 12.1 Å². The van der Waals surface area contributed by atoms with Crippen LogP contribution in [0.1, 0.15) is 24.0 Å². The second-order valence-corrected chi connectivity index (χ2v) is 7.95. The highest BCUT2D eigenvalue weighted by Gasteiger charge is 2.43. The molecule has 0 unspecified atom stereocenters. The van der Waals surface area contributed by atoms with Crippen LogP contribution in [0.2, 0.25) is 0 Å². The Morgan fingerprint density at radius 3 is 1.89 bits per heavy atom. The van der Waals surface area contributed by atoms with Crippen LogP contribution < -0.4 is 0 Å². The molecule has 3 heteroatoms. The van der Waals surface area contributed by atoms with Crippen molar-refractivity contribution in [2.24, 2.45) is 0 Å². The van der Waals surface area contributed by atoms with Gasteiger partial charge in [-0.3, -0.25) is 4.90 Å². The highest BCUT2D eigenvalue weighted by molar-refractivity contribution is 5.40. The number of unbranched alkanes of at least 4 members (excludes halogenated alkanes) is 1. The molecule has 0 N–H and O–H groups in total. The lowest BCUT2D eigenvalue weighted by atomic mass is 9.79. The average Bonchev–Trinajstić information content (AvgIpc) is 3.27. The van der Waals surface area contributed by atoms with E-state index in [2.05, 4.69) is 107 Å². The Kier molecular flexibility index (Phi) is 5.94. The lowest BCUT2D eigenvalue weighted by molar-refractivity contribution is 0.0299. The van der Waals surface area contributed by atoms with E-state index in [1.807, 2.05) is 0 Å². The fourth-order valence-electron chi connectivity index (χ4n) is 4.61. The highest BCUT2D eigenvalue weighted by atomic mass is 15.3. The molecule has 0 atom stereocenters. The maximum absolute atomic E-state index is 2.73. The molecule has 1 aliphatic rings. The Bertz CT molecular complexity index is 787. The molecule has 0 radical (unpaired) electrons. The van der Waals surface area contributed by atoms with Gasteiger partial charge in [-0.15, -0.1) is 0 Å². The van der Waals surface area contributed by atoms with Crippen LogP contribution in [0.3, 0.4) is 0 Å². The molecule has 1 aromatic heterocycles. The molecule has 28 heavy (non-hydrogen) atoms. The Morgan fingerprint density at radius 1 is 0.714 bits per heavy atom. The Labute approximate surface area is 169 Å². The smallest absolute Gasteiger partial charge is 0.0845 e. The van der Waals surface area contributed by atoms with Crippen LogP contribution in [0.5, 0.6) is 0 Å². The van der Waals surface area contributed by atoms with Gasteiger partial charge in [-0.2, -0.15) is 0 Å². The summed E-state index contributed by atoms with van der Waals surface area (Å²) in [6.45, 7) is 5.48. The normalized spacial score (nSPS) is 17.6. The van der Waals surface area contributed by atoms with Gasteiger partial charge >= 0.3 is 0 Å². The summed E-state index contributed by atoms with van der Waals surface area (Å²) in [5.74, 6) is 0. The minimum absolute atomic E-state index is 0.0804. The van der Waals surface area contributed by atoms with Crippen molar-refractivity contribution < 1.29 is 0 Å². The van der Waals surface area contributed by atoms with E-state index < -0.39 is 0 Å². The topological polar surface area (TPSA) is 11.4 Å². The first-order valence-corrected chi connectivity index (χ1v) is 10.4. The van der Waals surface area contributed by atoms with Crippen LogP contribution in [0.15, 0.2) is 85.2 Å². The number of likely N-dealkylation sites (N-methyl/N-ethyl adjacent to an activating group) is 1. The zero-order valence-corrected chi connectivity index (χ0v) is 16.9. The zero-order valence-electron chi connectivity index (χ0n) is 16.9. The number of benzene rings is 2. The maximum Gasteiger partial charge on any atom is 0.0845 e. The molecule has 0 saturated carbocycles. The minimum atomic E-state index is -0.0804. The molecule has 0 aliphatic carbocycles. The van der Waals surface area contributed by atoms with E-state index in [1.165, 1.54) is 24.0 Å². The second-order valence-electron chi connectivity index (χ2n) is 7.95. The first-order chi connectivity index (χ1) is 13.8. The highest BCUT2D eigenvalue weighted by Crippen LogP contribution is 2.39. The molecule has 1 aliphatic heterocycles. The van der Waals surface area contributed by atoms with Crippen LogP contribution in [0.4, 0.5) is 0 Å². The number of hydrogen-bond acceptors (Lipinski definition) is 2. The Balaban J connectivity index is 1.60. The summed E-state index contributed by atoms with van der Waals surface area (Å²) in [5.41, 5.74) is 2.72. The summed E-state index contributed by atoms with van der Waals surface area (Å²) < 4.78 is 2.28. The average molecular weight is 374 g/mol. The summed E-state index contributed by atoms with van der Waals surface area (Å²) in [5, 5.41) is 0. The molecule has 2 heterocycles. The fraction of sp³-hybridized carbons (Fsp3) is 0.360. The van der Waals surface area contributed by atoms with E-state index in [4.69, 9.17) is 0 Å². The molecule has 4 rings (SSSR count). The Hall–Kier alpha value is -2.36. The standard InChI is InChI=1S/C25H31N3/c1-26-20-21-28(19-11-10-18-27-16-8-9-17-27)25(22-26,23-12-4-2-5-13-23)24-14-6-3-7-15-24/h2-9,12-17H,10-11,18-22H2,1H3. The molecule has 146 valence electrons. The molecule has 1 fully saturated rings.